The van der Waals surface area contributed by atoms with Crippen LogP contribution in [-0.2, 0) is 22.2 Å². The maximum atomic E-state index is 13.6. The van der Waals surface area contributed by atoms with E-state index in [1.165, 1.54) is 19.8 Å². The molecule has 43 heavy (non-hydrogen) atoms. The Bertz CT molecular complexity index is 1630. The van der Waals surface area contributed by atoms with Crippen LogP contribution in [0.15, 0.2) is 58.3 Å². The minimum Gasteiger partial charge on any atom is -0.508 e. The van der Waals surface area contributed by atoms with Gasteiger partial charge in [0.05, 0.1) is 16.6 Å². The number of nitrogens with one attached hydrogen (secondary N) is 1. The van der Waals surface area contributed by atoms with Gasteiger partial charge in [0, 0.05) is 23.7 Å². The molecule has 2 aliphatic heterocycles. The predicted molar refractivity (Wildman–Crippen MR) is 157 cm³/mol. The monoisotopic (exact) mass is 586 g/mol. The number of amides is 1. The minimum atomic E-state index is -1.29. The number of aromatic hydroxyl groups is 1. The highest BCUT2D eigenvalue weighted by atomic mass is 16.5. The third-order valence-corrected chi connectivity index (χ3v) is 10.1. The number of aliphatic hydroxyl groups excluding tert-OH is 1. The summed E-state index contributed by atoms with van der Waals surface area (Å²) in [5.41, 5.74) is -0.831. The van der Waals surface area contributed by atoms with Gasteiger partial charge in [-0.2, -0.15) is 4.98 Å². The Morgan fingerprint density at radius 1 is 1.19 bits per heavy atom. The summed E-state index contributed by atoms with van der Waals surface area (Å²) in [5.74, 6) is 0.686. The minimum absolute atomic E-state index is 0.0439. The smallest absolute Gasteiger partial charge is 0.252 e. The van der Waals surface area contributed by atoms with Crippen LogP contribution < -0.4 is 10.1 Å². The van der Waals surface area contributed by atoms with Crippen molar-refractivity contribution in [3.63, 3.8) is 0 Å². The van der Waals surface area contributed by atoms with Crippen LogP contribution in [0.25, 0.3) is 11.4 Å². The first-order valence-corrected chi connectivity index (χ1v) is 15.0. The number of aliphatic hydroxyl groups is 2. The molecule has 226 valence electrons. The molecule has 3 aromatic rings. The van der Waals surface area contributed by atoms with Crippen molar-refractivity contribution in [1.29, 1.82) is 0 Å². The summed E-state index contributed by atoms with van der Waals surface area (Å²) in [6.07, 6.45) is 2.49. The van der Waals surface area contributed by atoms with Crippen LogP contribution in [-0.4, -0.2) is 67.1 Å². The van der Waals surface area contributed by atoms with Gasteiger partial charge in [-0.05, 0) is 77.5 Å². The van der Waals surface area contributed by atoms with Gasteiger partial charge in [-0.3, -0.25) is 9.69 Å². The number of phenols is 1. The zero-order valence-corrected chi connectivity index (χ0v) is 24.9. The number of nitrogens with zero attached hydrogens (tertiary/aromatic N) is 3. The Hall–Kier alpha value is -3.89. The molecule has 7 rings (SSSR count). The SMILES string of the molecule is C/C(C(=O)NC(C)(C)c1nc(-c2ccccc2)no1)=C(/O)[C@@H]1Oc2c(O)ccc3c2[C@@]12CCN(CC1CC1)[C@H](C3)[C@@]2(C)O. The lowest BCUT2D eigenvalue weighted by Crippen LogP contribution is -2.73. The van der Waals surface area contributed by atoms with Crippen molar-refractivity contribution in [3.05, 3.63) is 70.8 Å². The topological polar surface area (TPSA) is 141 Å². The highest BCUT2D eigenvalue weighted by molar-refractivity contribution is 5.94. The predicted octanol–water partition coefficient (Wildman–Crippen LogP) is 4.12. The van der Waals surface area contributed by atoms with E-state index in [-0.39, 0.29) is 34.8 Å². The van der Waals surface area contributed by atoms with Crippen molar-refractivity contribution in [1.82, 2.24) is 20.4 Å². The van der Waals surface area contributed by atoms with Crippen LogP contribution in [0.5, 0.6) is 11.5 Å². The summed E-state index contributed by atoms with van der Waals surface area (Å²) >= 11 is 0. The average Bonchev–Trinajstić information content (AvgIpc) is 3.50. The summed E-state index contributed by atoms with van der Waals surface area (Å²) in [5, 5.41) is 42.0. The van der Waals surface area contributed by atoms with Crippen LogP contribution in [0.4, 0.5) is 0 Å². The molecule has 0 unspecified atom stereocenters. The molecule has 2 bridgehead atoms. The molecule has 10 nitrogen and oxygen atoms in total. The van der Waals surface area contributed by atoms with Gasteiger partial charge in [0.25, 0.3) is 11.8 Å². The second-order valence-corrected chi connectivity index (χ2v) is 13.4. The molecule has 1 saturated heterocycles. The van der Waals surface area contributed by atoms with Crippen LogP contribution in [0.2, 0.25) is 0 Å². The number of carbonyl (C=O) groups excluding carboxylic acids is 1. The Labute approximate surface area is 250 Å². The van der Waals surface area contributed by atoms with E-state index < -0.39 is 28.6 Å². The molecule has 3 heterocycles. The van der Waals surface area contributed by atoms with Gasteiger partial charge in [-0.15, -0.1) is 0 Å². The number of piperidine rings is 1. The Morgan fingerprint density at radius 2 is 1.93 bits per heavy atom. The fourth-order valence-electron chi connectivity index (χ4n) is 7.50. The number of carbonyl (C=O) groups is 1. The molecule has 1 spiro atoms. The fraction of sp³-hybridized carbons (Fsp3) is 0.485. The molecule has 4 aliphatic rings. The number of likely N-dealkylation sites (tertiary alicyclic amines) is 1. The zero-order valence-electron chi connectivity index (χ0n) is 24.9. The van der Waals surface area contributed by atoms with Crippen molar-refractivity contribution in [2.75, 3.05) is 13.1 Å². The summed E-state index contributed by atoms with van der Waals surface area (Å²) in [4.78, 5) is 20.5. The third-order valence-electron chi connectivity index (χ3n) is 10.1. The summed E-state index contributed by atoms with van der Waals surface area (Å²) in [6, 6.07) is 12.7. The molecule has 2 fully saturated rings. The van der Waals surface area contributed by atoms with Gasteiger partial charge < -0.3 is 29.9 Å². The standard InChI is InChI=1S/C33H38N4O6/c1-18(29(40)35-31(2,3)30-34-28(36-43-30)20-8-6-5-7-9-20)25(39)27-33-14-15-37(17-19-10-11-19)23(32(33,4)41)16-21-12-13-22(38)26(42-27)24(21)33/h5-9,12-13,19,23,27,38-39,41H,10-11,14-17H2,1-4H3,(H,35,40)/b25-18-/t23-,27+,32-,33+/m1/s1. The van der Waals surface area contributed by atoms with Crippen molar-refractivity contribution < 1.29 is 29.4 Å². The average molecular weight is 587 g/mol. The quantitative estimate of drug-likeness (QED) is 0.238. The highest BCUT2D eigenvalue weighted by Crippen LogP contribution is 2.63. The number of hydrogen-bond donors (Lipinski definition) is 4. The number of phenolic OH excluding ortho intramolecular Hbond substituents is 1. The molecular weight excluding hydrogens is 548 g/mol. The normalized spacial score (nSPS) is 28.6. The largest absolute Gasteiger partial charge is 0.508 e. The van der Waals surface area contributed by atoms with Gasteiger partial charge >= 0.3 is 0 Å². The molecule has 1 amide bonds. The van der Waals surface area contributed by atoms with Crippen molar-refractivity contribution >= 4 is 5.91 Å². The maximum Gasteiger partial charge on any atom is 0.252 e. The van der Waals surface area contributed by atoms with E-state index in [9.17, 15) is 20.1 Å². The van der Waals surface area contributed by atoms with Crippen molar-refractivity contribution in [2.24, 2.45) is 5.92 Å². The number of hydrogen-bond acceptors (Lipinski definition) is 9. The zero-order chi connectivity index (χ0) is 30.3. The summed E-state index contributed by atoms with van der Waals surface area (Å²) < 4.78 is 11.9. The van der Waals surface area contributed by atoms with E-state index in [0.29, 0.717) is 24.6 Å². The second-order valence-electron chi connectivity index (χ2n) is 13.4. The van der Waals surface area contributed by atoms with Gasteiger partial charge in [0.1, 0.15) is 11.3 Å². The van der Waals surface area contributed by atoms with Gasteiger partial charge in [-0.1, -0.05) is 41.6 Å². The van der Waals surface area contributed by atoms with E-state index in [2.05, 4.69) is 20.4 Å². The number of aromatic nitrogens is 2. The van der Waals surface area contributed by atoms with E-state index >= 15 is 0 Å². The van der Waals surface area contributed by atoms with E-state index in [1.54, 1.807) is 19.9 Å². The van der Waals surface area contributed by atoms with Crippen LogP contribution in [0.1, 0.15) is 64.0 Å². The first-order valence-electron chi connectivity index (χ1n) is 15.0. The first-order chi connectivity index (χ1) is 20.4. The first kappa shape index (κ1) is 27.9. The van der Waals surface area contributed by atoms with Gasteiger partial charge in [0.15, 0.2) is 17.6 Å². The highest BCUT2D eigenvalue weighted by Gasteiger charge is 2.69. The lowest BCUT2D eigenvalue weighted by Gasteiger charge is -2.59. The van der Waals surface area contributed by atoms with Gasteiger partial charge in [0.2, 0.25) is 5.82 Å². The van der Waals surface area contributed by atoms with Crippen LogP contribution in [0.3, 0.4) is 0 Å². The van der Waals surface area contributed by atoms with Crippen LogP contribution >= 0.6 is 0 Å². The van der Waals surface area contributed by atoms with Crippen molar-refractivity contribution in [3.8, 4) is 22.9 Å². The number of rotatable bonds is 7. The summed E-state index contributed by atoms with van der Waals surface area (Å²) in [6.45, 7) is 8.50. The fourth-order valence-corrected chi connectivity index (χ4v) is 7.50. The Morgan fingerprint density at radius 3 is 2.65 bits per heavy atom. The Kier molecular flexibility index (Phi) is 6.20. The molecule has 10 heteroatoms. The Balaban J connectivity index is 1.21. The maximum absolute atomic E-state index is 13.6. The van der Waals surface area contributed by atoms with E-state index in [0.717, 1.165) is 29.8 Å². The third kappa shape index (κ3) is 4.17. The van der Waals surface area contributed by atoms with Gasteiger partial charge in [-0.25, -0.2) is 0 Å². The van der Waals surface area contributed by atoms with Crippen molar-refractivity contribution in [2.45, 2.75) is 82.1 Å². The molecule has 1 aromatic heterocycles. The lowest BCUT2D eigenvalue weighted by atomic mass is 9.53. The molecule has 0 radical (unpaired) electrons. The molecule has 2 aliphatic carbocycles. The molecule has 4 N–H and O–H groups in total. The molecule has 1 saturated carbocycles. The van der Waals surface area contributed by atoms with Crippen LogP contribution in [0, 0.1) is 5.92 Å². The van der Waals surface area contributed by atoms with E-state index in [4.69, 9.17) is 9.26 Å². The molecular formula is C33H38N4O6. The molecule has 2 aromatic carbocycles. The number of ether oxygens (including phenoxy) is 1. The number of fused-ring (bicyclic) bond motifs is 1. The molecule has 4 atom stereocenters. The summed E-state index contributed by atoms with van der Waals surface area (Å²) in [7, 11) is 0. The second kappa shape index (κ2) is 9.56. The van der Waals surface area contributed by atoms with E-state index in [1.807, 2.05) is 43.3 Å². The number of benzene rings is 2. The lowest BCUT2D eigenvalue weighted by molar-refractivity contribution is -0.153.